The van der Waals surface area contributed by atoms with Gasteiger partial charge in [-0.25, -0.2) is 4.57 Å². The van der Waals surface area contributed by atoms with Gasteiger partial charge in [0.2, 0.25) is 0 Å². The van der Waals surface area contributed by atoms with Crippen molar-refractivity contribution >= 4 is 19.0 Å². The Kier molecular flexibility index (Phi) is 13.1. The predicted octanol–water partition coefficient (Wildman–Crippen LogP) is 12.9. The molecule has 1 N–H and O–H groups in total. The molecule has 0 radical (unpaired) electrons. The smallest absolute Gasteiger partial charge is 0.313 e. The Morgan fingerprint density at radius 1 is 0.580 bits per heavy atom. The summed E-state index contributed by atoms with van der Waals surface area (Å²) in [5.74, 6) is 0.234. The molecule has 2 unspecified atom stereocenters. The van der Waals surface area contributed by atoms with Gasteiger partial charge in [-0.1, -0.05) is 165 Å². The molecule has 0 aromatic heterocycles. The molecule has 1 aliphatic heterocycles. The maximum absolute atomic E-state index is 16.2. The summed E-state index contributed by atoms with van der Waals surface area (Å²) in [5.41, 5.74) is 11.5. The van der Waals surface area contributed by atoms with Crippen LogP contribution >= 0.6 is 7.67 Å². The first-order valence-corrected chi connectivity index (χ1v) is 21.1. The highest BCUT2D eigenvalue weighted by Gasteiger charge is 2.57. The van der Waals surface area contributed by atoms with Crippen molar-refractivity contribution in [3.63, 3.8) is 0 Å². The Morgan fingerprint density at radius 3 is 1.36 bits per heavy atom. The second kappa shape index (κ2) is 17.3. The molecule has 5 rings (SSSR count). The first-order chi connectivity index (χ1) is 24.2. The highest BCUT2D eigenvalue weighted by atomic mass is 31.2. The van der Waals surface area contributed by atoms with Gasteiger partial charge in [-0.05, 0) is 89.0 Å². The van der Waals surface area contributed by atoms with Crippen LogP contribution in [0.1, 0.15) is 150 Å². The van der Waals surface area contributed by atoms with Gasteiger partial charge in [-0.15, -0.1) is 0 Å². The number of nitrogens with zero attached hydrogens (tertiary/aromatic N) is 2. The van der Waals surface area contributed by atoms with E-state index in [0.29, 0.717) is 0 Å². The molecule has 4 atom stereocenters. The molecule has 1 heterocycles. The minimum atomic E-state index is -4.27. The molecule has 0 bridgehead atoms. The molecule has 4 nitrogen and oxygen atoms in total. The van der Waals surface area contributed by atoms with E-state index in [1.165, 1.54) is 33.4 Å². The van der Waals surface area contributed by atoms with Crippen LogP contribution in [0.4, 0.5) is 11.4 Å². The van der Waals surface area contributed by atoms with Crippen molar-refractivity contribution in [2.45, 2.75) is 137 Å². The van der Waals surface area contributed by atoms with E-state index in [1.54, 1.807) is 0 Å². The zero-order chi connectivity index (χ0) is 35.8. The summed E-state index contributed by atoms with van der Waals surface area (Å²) in [6.07, 6.45) is 10.6. The lowest BCUT2D eigenvalue weighted by atomic mass is 9.87. The van der Waals surface area contributed by atoms with Crippen LogP contribution in [0, 0.1) is 0 Å². The van der Waals surface area contributed by atoms with Crippen molar-refractivity contribution in [3.05, 3.63) is 129 Å². The molecule has 1 fully saturated rings. The van der Waals surface area contributed by atoms with Crippen molar-refractivity contribution in [2.24, 2.45) is 0 Å². The molecule has 50 heavy (non-hydrogen) atoms. The molecular formula is C45H61N2O2P. The van der Waals surface area contributed by atoms with Gasteiger partial charge in [0.05, 0.1) is 23.5 Å². The van der Waals surface area contributed by atoms with Crippen molar-refractivity contribution in [1.29, 1.82) is 0 Å². The van der Waals surface area contributed by atoms with E-state index in [0.717, 1.165) is 93.1 Å². The highest BCUT2D eigenvalue weighted by molar-refractivity contribution is 7.62. The predicted molar refractivity (Wildman–Crippen MR) is 215 cm³/mol. The van der Waals surface area contributed by atoms with Crippen LogP contribution in [0.15, 0.2) is 84.9 Å². The van der Waals surface area contributed by atoms with Gasteiger partial charge in [0.15, 0.2) is 0 Å². The second-order valence-corrected chi connectivity index (χ2v) is 16.3. The molecule has 268 valence electrons. The largest absolute Gasteiger partial charge is 0.395 e. The molecular weight excluding hydrogens is 631 g/mol. The fourth-order valence-electron chi connectivity index (χ4n) is 8.22. The van der Waals surface area contributed by atoms with E-state index in [9.17, 15) is 4.89 Å². The number of hydrogen-bond donors (Lipinski definition) is 1. The topological polar surface area (TPSA) is 43.8 Å². The maximum Gasteiger partial charge on any atom is 0.395 e. The molecule has 1 aliphatic rings. The van der Waals surface area contributed by atoms with Crippen molar-refractivity contribution in [2.75, 3.05) is 9.34 Å². The van der Waals surface area contributed by atoms with Crippen molar-refractivity contribution < 1.29 is 9.46 Å². The molecule has 4 aromatic carbocycles. The van der Waals surface area contributed by atoms with Gasteiger partial charge < -0.3 is 4.89 Å². The Morgan fingerprint density at radius 2 is 0.960 bits per heavy atom. The molecule has 0 spiro atoms. The Labute approximate surface area is 303 Å². The molecule has 0 aliphatic carbocycles. The van der Waals surface area contributed by atoms with E-state index in [4.69, 9.17) is 0 Å². The lowest BCUT2D eigenvalue weighted by Crippen LogP contribution is -2.26. The molecule has 1 saturated heterocycles. The van der Waals surface area contributed by atoms with Crippen LogP contribution in [-0.2, 0) is 36.7 Å². The fourth-order valence-corrected chi connectivity index (χ4v) is 10.6. The van der Waals surface area contributed by atoms with E-state index in [1.807, 2.05) is 15.4 Å². The normalized spacial score (nSPS) is 19.7. The zero-order valence-corrected chi connectivity index (χ0v) is 32.7. The summed E-state index contributed by atoms with van der Waals surface area (Å²) < 4.78 is 20.2. The molecule has 5 heteroatoms. The summed E-state index contributed by atoms with van der Waals surface area (Å²) in [4.78, 5) is 13.3. The summed E-state index contributed by atoms with van der Waals surface area (Å²) >= 11 is 0. The van der Waals surface area contributed by atoms with E-state index in [2.05, 4.69) is 127 Å². The van der Waals surface area contributed by atoms with Crippen LogP contribution in [0.3, 0.4) is 0 Å². The number of aryl methyl sites for hydroxylation is 5. The highest BCUT2D eigenvalue weighted by Crippen LogP contribution is 2.71. The lowest BCUT2D eigenvalue weighted by Gasteiger charge is -2.35. The van der Waals surface area contributed by atoms with E-state index in [-0.39, 0.29) is 18.0 Å². The summed E-state index contributed by atoms with van der Waals surface area (Å²) in [5, 5.41) is 0. The summed E-state index contributed by atoms with van der Waals surface area (Å²) in [7, 11) is -4.27. The molecule has 4 aromatic rings. The van der Waals surface area contributed by atoms with E-state index >= 15 is 4.57 Å². The fraction of sp³-hybridized carbons (Fsp3) is 0.467. The van der Waals surface area contributed by atoms with Gasteiger partial charge in [0.25, 0.3) is 0 Å². The van der Waals surface area contributed by atoms with Gasteiger partial charge in [0, 0.05) is 0 Å². The SMILES string of the molecule is CCCc1cc(CCC)c(N2[C@H](c3ccccc3)[C@@H](c3ccccc3)N(c3c(CCC)cc(CCC)cc3C(C)CC)P2(=O)O)c(CCC)c1. The Balaban J connectivity index is 1.94. The average Bonchev–Trinajstić information content (AvgIpc) is 3.35. The van der Waals surface area contributed by atoms with Crippen LogP contribution in [0.5, 0.6) is 0 Å². The maximum atomic E-state index is 16.2. The summed E-state index contributed by atoms with van der Waals surface area (Å²) in [6.45, 7) is 15.7. The van der Waals surface area contributed by atoms with E-state index < -0.39 is 7.67 Å². The monoisotopic (exact) mass is 692 g/mol. The van der Waals surface area contributed by atoms with Gasteiger partial charge in [-0.2, -0.15) is 0 Å². The zero-order valence-electron chi connectivity index (χ0n) is 31.8. The first-order valence-electron chi connectivity index (χ1n) is 19.6. The number of benzene rings is 4. The van der Waals surface area contributed by atoms with Crippen LogP contribution in [-0.4, -0.2) is 4.89 Å². The average molecular weight is 693 g/mol. The standard InChI is InChI=1S/C45H61N2O2P/c1-8-20-34-29-38(22-10-3)42(39(30-34)23-11-4)46-44(36-25-16-14-17-26-36)45(37-27-18-15-19-28-37)47(50(46,48)49)43-40(24-12-5)31-35(21-9-2)32-41(43)33(7)13-6/h14-19,25-33,44-45H,8-13,20-24H2,1-7H3,(H,48,49)/t33?,44-,45-/m1/s1. The van der Waals surface area contributed by atoms with Crippen LogP contribution < -0.4 is 9.34 Å². The minimum absolute atomic E-state index is 0.234. The first kappa shape index (κ1) is 37.9. The van der Waals surface area contributed by atoms with Crippen LogP contribution in [0.25, 0.3) is 0 Å². The van der Waals surface area contributed by atoms with Crippen molar-refractivity contribution in [1.82, 2.24) is 0 Å². The number of anilines is 2. The third-order valence-corrected chi connectivity index (χ3v) is 12.5. The molecule has 0 saturated carbocycles. The third kappa shape index (κ3) is 7.63. The lowest BCUT2D eigenvalue weighted by molar-refractivity contribution is 0.476. The minimum Gasteiger partial charge on any atom is -0.313 e. The quantitative estimate of drug-likeness (QED) is 0.119. The Bertz CT molecular complexity index is 1710. The second-order valence-electron chi connectivity index (χ2n) is 14.4. The Hall–Kier alpha value is -3.33. The van der Waals surface area contributed by atoms with Crippen LogP contribution in [0.2, 0.25) is 0 Å². The van der Waals surface area contributed by atoms with Gasteiger partial charge >= 0.3 is 7.67 Å². The van der Waals surface area contributed by atoms with Crippen molar-refractivity contribution in [3.8, 4) is 0 Å². The molecule has 0 amide bonds. The van der Waals surface area contributed by atoms with Gasteiger partial charge in [0.1, 0.15) is 0 Å². The third-order valence-electron chi connectivity index (χ3n) is 10.5. The number of hydrogen-bond acceptors (Lipinski definition) is 1. The summed E-state index contributed by atoms with van der Waals surface area (Å²) in [6, 6.07) is 29.7. The van der Waals surface area contributed by atoms with Gasteiger partial charge in [-0.3, -0.25) is 9.34 Å². The number of rotatable bonds is 16.